The van der Waals surface area contributed by atoms with Crippen molar-refractivity contribution < 1.29 is 19.1 Å². The van der Waals surface area contributed by atoms with Gasteiger partial charge in [-0.15, -0.1) is 0 Å². The molecule has 7 heteroatoms. The molecule has 7 nitrogen and oxygen atoms in total. The number of nitrogens with two attached hydrogens (primary N) is 1. The fraction of sp³-hybridized carbons (Fsp3) is 0.391. The van der Waals surface area contributed by atoms with E-state index in [1.807, 2.05) is 24.3 Å². The van der Waals surface area contributed by atoms with Crippen molar-refractivity contribution in [2.45, 2.75) is 44.1 Å². The molecule has 1 aliphatic heterocycles. The lowest BCUT2D eigenvalue weighted by atomic mass is 9.98. The Morgan fingerprint density at radius 2 is 1.93 bits per heavy atom. The van der Waals surface area contributed by atoms with E-state index in [9.17, 15) is 9.59 Å². The largest absolute Gasteiger partial charge is 0.493 e. The van der Waals surface area contributed by atoms with Gasteiger partial charge in [-0.2, -0.15) is 0 Å². The Kier molecular flexibility index (Phi) is 5.90. The van der Waals surface area contributed by atoms with Gasteiger partial charge in [0.1, 0.15) is 0 Å². The summed E-state index contributed by atoms with van der Waals surface area (Å²) in [6.45, 7) is 0.543. The summed E-state index contributed by atoms with van der Waals surface area (Å²) in [6.07, 6.45) is 5.15. The zero-order valence-electron chi connectivity index (χ0n) is 17.1. The highest BCUT2D eigenvalue weighted by atomic mass is 16.5. The second kappa shape index (κ2) is 8.75. The van der Waals surface area contributed by atoms with E-state index in [1.165, 1.54) is 12.8 Å². The molecule has 2 aromatic carbocycles. The average Bonchev–Trinajstić information content (AvgIpc) is 3.43. The predicted octanol–water partition coefficient (Wildman–Crippen LogP) is 3.14. The van der Waals surface area contributed by atoms with Crippen LogP contribution in [0.3, 0.4) is 0 Å². The van der Waals surface area contributed by atoms with Gasteiger partial charge in [0.05, 0.1) is 13.2 Å². The Labute approximate surface area is 176 Å². The van der Waals surface area contributed by atoms with E-state index in [2.05, 4.69) is 5.43 Å². The summed E-state index contributed by atoms with van der Waals surface area (Å²) >= 11 is 0. The van der Waals surface area contributed by atoms with Gasteiger partial charge in [0.25, 0.3) is 5.91 Å². The van der Waals surface area contributed by atoms with Crippen LogP contribution in [0.1, 0.15) is 53.9 Å². The van der Waals surface area contributed by atoms with E-state index in [1.54, 1.807) is 30.2 Å². The Morgan fingerprint density at radius 1 is 1.13 bits per heavy atom. The average molecular weight is 409 g/mol. The molecular formula is C23H27N3O4. The molecule has 2 fully saturated rings. The fourth-order valence-electron chi connectivity index (χ4n) is 4.30. The Hall–Kier alpha value is -3.06. The smallest absolute Gasteiger partial charge is 0.265 e. The van der Waals surface area contributed by atoms with Gasteiger partial charge in [-0.05, 0) is 61.6 Å². The minimum absolute atomic E-state index is 0.0272. The molecule has 1 heterocycles. The third kappa shape index (κ3) is 4.11. The first kappa shape index (κ1) is 20.2. The van der Waals surface area contributed by atoms with Crippen molar-refractivity contribution in [3.63, 3.8) is 0 Å². The van der Waals surface area contributed by atoms with Gasteiger partial charge in [0.15, 0.2) is 11.5 Å². The first-order chi connectivity index (χ1) is 14.6. The summed E-state index contributed by atoms with van der Waals surface area (Å²) in [5.41, 5.74) is 4.29. The van der Waals surface area contributed by atoms with E-state index in [-0.39, 0.29) is 23.8 Å². The summed E-state index contributed by atoms with van der Waals surface area (Å²) in [6, 6.07) is 12.9. The lowest BCUT2D eigenvalue weighted by Crippen LogP contribution is -2.30. The number of hydrogen-bond donors (Lipinski definition) is 2. The fourth-order valence-corrected chi connectivity index (χ4v) is 4.30. The van der Waals surface area contributed by atoms with Crippen molar-refractivity contribution >= 4 is 17.5 Å². The van der Waals surface area contributed by atoms with Crippen molar-refractivity contribution in [3.05, 3.63) is 53.6 Å². The number of benzene rings is 2. The van der Waals surface area contributed by atoms with Gasteiger partial charge in [-0.25, -0.2) is 5.84 Å². The highest BCUT2D eigenvalue weighted by molar-refractivity contribution is 5.99. The molecule has 1 atom stereocenters. The molecule has 1 aliphatic carbocycles. The zero-order chi connectivity index (χ0) is 21.1. The van der Waals surface area contributed by atoms with Crippen LogP contribution in [0.15, 0.2) is 42.5 Å². The lowest BCUT2D eigenvalue weighted by Gasteiger charge is -2.19. The van der Waals surface area contributed by atoms with E-state index in [4.69, 9.17) is 15.3 Å². The SMILES string of the molecule is COc1ccc(C2CC(=O)N(c3cccc(C(=O)NN)c3)C2)cc1OC1CCCC1. The molecule has 1 saturated heterocycles. The van der Waals surface area contributed by atoms with Crippen LogP contribution in [-0.2, 0) is 4.79 Å². The number of carbonyl (C=O) groups is 2. The van der Waals surface area contributed by atoms with Crippen LogP contribution in [0.5, 0.6) is 11.5 Å². The van der Waals surface area contributed by atoms with Crippen LogP contribution in [-0.4, -0.2) is 31.6 Å². The number of hydrogen-bond acceptors (Lipinski definition) is 5. The molecule has 1 saturated carbocycles. The van der Waals surface area contributed by atoms with E-state index < -0.39 is 0 Å². The maximum absolute atomic E-state index is 12.7. The number of nitrogen functional groups attached to an aromatic ring is 1. The van der Waals surface area contributed by atoms with Gasteiger partial charge in [-0.3, -0.25) is 15.0 Å². The van der Waals surface area contributed by atoms with Crippen LogP contribution in [0, 0.1) is 0 Å². The molecule has 0 radical (unpaired) electrons. The maximum Gasteiger partial charge on any atom is 0.265 e. The van der Waals surface area contributed by atoms with Crippen LogP contribution in [0.4, 0.5) is 5.69 Å². The molecule has 0 spiro atoms. The molecular weight excluding hydrogens is 382 g/mol. The molecule has 3 N–H and O–H groups in total. The predicted molar refractivity (Wildman–Crippen MR) is 114 cm³/mol. The minimum Gasteiger partial charge on any atom is -0.493 e. The Morgan fingerprint density at radius 3 is 2.67 bits per heavy atom. The molecule has 0 bridgehead atoms. The lowest BCUT2D eigenvalue weighted by molar-refractivity contribution is -0.117. The summed E-state index contributed by atoms with van der Waals surface area (Å²) < 4.78 is 11.7. The number of nitrogens with one attached hydrogen (secondary N) is 1. The van der Waals surface area contributed by atoms with Crippen LogP contribution >= 0.6 is 0 Å². The third-order valence-electron chi connectivity index (χ3n) is 5.93. The summed E-state index contributed by atoms with van der Waals surface area (Å²) in [5.74, 6) is 6.37. The molecule has 4 rings (SSSR count). The van der Waals surface area contributed by atoms with Crippen LogP contribution < -0.4 is 25.6 Å². The van der Waals surface area contributed by atoms with Crippen LogP contribution in [0.25, 0.3) is 0 Å². The Bertz CT molecular complexity index is 940. The quantitative estimate of drug-likeness (QED) is 0.434. The number of ether oxygens (including phenoxy) is 2. The number of amides is 2. The van der Waals surface area contributed by atoms with E-state index >= 15 is 0 Å². The molecule has 1 unspecified atom stereocenters. The third-order valence-corrected chi connectivity index (χ3v) is 5.93. The number of rotatable bonds is 6. The van der Waals surface area contributed by atoms with Crippen molar-refractivity contribution in [1.29, 1.82) is 0 Å². The number of methoxy groups -OCH3 is 1. The maximum atomic E-state index is 12.7. The van der Waals surface area contributed by atoms with Gasteiger partial charge in [0, 0.05) is 30.1 Å². The second-order valence-corrected chi connectivity index (χ2v) is 7.86. The first-order valence-electron chi connectivity index (χ1n) is 10.3. The van der Waals surface area contributed by atoms with Gasteiger partial charge in [-0.1, -0.05) is 12.1 Å². The summed E-state index contributed by atoms with van der Waals surface area (Å²) in [5, 5.41) is 0. The number of hydrazine groups is 1. The van der Waals surface area contributed by atoms with E-state index in [0.717, 1.165) is 24.2 Å². The summed E-state index contributed by atoms with van der Waals surface area (Å²) in [4.78, 5) is 26.3. The van der Waals surface area contributed by atoms with Gasteiger partial charge < -0.3 is 14.4 Å². The molecule has 0 aromatic heterocycles. The van der Waals surface area contributed by atoms with Crippen LogP contribution in [0.2, 0.25) is 0 Å². The Balaban J connectivity index is 1.54. The topological polar surface area (TPSA) is 93.9 Å². The molecule has 158 valence electrons. The number of nitrogens with zero attached hydrogens (tertiary/aromatic N) is 1. The second-order valence-electron chi connectivity index (χ2n) is 7.86. The first-order valence-corrected chi connectivity index (χ1v) is 10.3. The monoisotopic (exact) mass is 409 g/mol. The zero-order valence-corrected chi connectivity index (χ0v) is 17.1. The minimum atomic E-state index is -0.385. The van der Waals surface area contributed by atoms with Crippen molar-refractivity contribution in [2.75, 3.05) is 18.6 Å². The van der Waals surface area contributed by atoms with Gasteiger partial charge in [0.2, 0.25) is 5.91 Å². The molecule has 2 amide bonds. The van der Waals surface area contributed by atoms with Gasteiger partial charge >= 0.3 is 0 Å². The van der Waals surface area contributed by atoms with Crippen molar-refractivity contribution in [2.24, 2.45) is 5.84 Å². The normalized spacial score (nSPS) is 19.2. The number of anilines is 1. The molecule has 30 heavy (non-hydrogen) atoms. The summed E-state index contributed by atoms with van der Waals surface area (Å²) in [7, 11) is 1.64. The highest BCUT2D eigenvalue weighted by Gasteiger charge is 2.32. The highest BCUT2D eigenvalue weighted by Crippen LogP contribution is 2.38. The molecule has 2 aliphatic rings. The van der Waals surface area contributed by atoms with E-state index in [0.29, 0.717) is 30.0 Å². The molecule has 2 aromatic rings. The van der Waals surface area contributed by atoms with Crippen molar-refractivity contribution in [1.82, 2.24) is 5.43 Å². The number of carbonyl (C=O) groups excluding carboxylic acids is 2. The van der Waals surface area contributed by atoms with Crippen molar-refractivity contribution in [3.8, 4) is 11.5 Å². The standard InChI is InChI=1S/C23H27N3O4/c1-29-20-10-9-15(12-21(20)30-19-7-2-3-8-19)17-13-22(27)26(14-17)18-6-4-5-16(11-18)23(28)25-24/h4-6,9-12,17,19H,2-3,7-8,13-14,24H2,1H3,(H,25,28).